The second-order valence-corrected chi connectivity index (χ2v) is 3.49. The van der Waals surface area contributed by atoms with Crippen LogP contribution in [0.25, 0.3) is 0 Å². The fourth-order valence-corrected chi connectivity index (χ4v) is 1.39. The van der Waals surface area contributed by atoms with Crippen LogP contribution in [0, 0.1) is 0 Å². The average molecular weight is 232 g/mol. The van der Waals surface area contributed by atoms with Crippen molar-refractivity contribution in [3.05, 3.63) is 0 Å². The minimum Gasteiger partial charge on any atom is -0.480 e. The van der Waals surface area contributed by atoms with E-state index in [2.05, 4.69) is 10.6 Å². The fraction of sp³-hybridized carbons (Fsp3) is 0.778. The second-order valence-electron chi connectivity index (χ2n) is 3.49. The van der Waals surface area contributed by atoms with Crippen LogP contribution < -0.4 is 10.6 Å². The van der Waals surface area contributed by atoms with Gasteiger partial charge < -0.3 is 25.6 Å². The number of rotatable bonds is 5. The van der Waals surface area contributed by atoms with Gasteiger partial charge in [-0.3, -0.25) is 4.79 Å². The van der Waals surface area contributed by atoms with Crippen molar-refractivity contribution in [2.24, 2.45) is 0 Å². The van der Waals surface area contributed by atoms with Crippen LogP contribution in [-0.2, 0) is 14.3 Å². The highest BCUT2D eigenvalue weighted by Crippen LogP contribution is 1.97. The molecule has 1 saturated heterocycles. The number of morpholine rings is 1. The summed E-state index contributed by atoms with van der Waals surface area (Å²) in [7, 11) is 0. The van der Waals surface area contributed by atoms with E-state index < -0.39 is 24.0 Å². The molecule has 0 radical (unpaired) electrons. The van der Waals surface area contributed by atoms with E-state index in [0.29, 0.717) is 13.2 Å². The first-order chi connectivity index (χ1) is 7.65. The first-order valence-electron chi connectivity index (χ1n) is 5.10. The van der Waals surface area contributed by atoms with Gasteiger partial charge in [0.2, 0.25) is 5.91 Å². The molecule has 7 nitrogen and oxygen atoms in total. The molecule has 0 aliphatic carbocycles. The van der Waals surface area contributed by atoms with Gasteiger partial charge in [-0.2, -0.15) is 0 Å². The van der Waals surface area contributed by atoms with Gasteiger partial charge in [0.15, 0.2) is 0 Å². The summed E-state index contributed by atoms with van der Waals surface area (Å²) in [4.78, 5) is 22.3. The summed E-state index contributed by atoms with van der Waals surface area (Å²) in [5, 5.41) is 22.7. The third-order valence-corrected chi connectivity index (χ3v) is 2.27. The smallest absolute Gasteiger partial charge is 0.326 e. The lowest BCUT2D eigenvalue weighted by Crippen LogP contribution is -2.54. The Morgan fingerprint density at radius 2 is 2.31 bits per heavy atom. The Hall–Kier alpha value is -1.18. The summed E-state index contributed by atoms with van der Waals surface area (Å²) in [5.74, 6) is -1.57. The van der Waals surface area contributed by atoms with Crippen LogP contribution in [0.5, 0.6) is 0 Å². The van der Waals surface area contributed by atoms with Crippen LogP contribution in [0.1, 0.15) is 6.42 Å². The average Bonchev–Trinajstić information content (AvgIpc) is 2.29. The van der Waals surface area contributed by atoms with Crippen molar-refractivity contribution in [1.29, 1.82) is 0 Å². The SMILES string of the molecule is O=C(N[C@H](CCO)C(=O)O)C1COCCN1. The number of aliphatic hydroxyl groups is 1. The standard InChI is InChI=1S/C9H16N2O5/c12-3-1-6(9(14)15)11-8(13)7-5-16-4-2-10-7/h6-7,10,12H,1-5H2,(H,11,13)(H,14,15)/t6-,7?/m1/s1. The van der Waals surface area contributed by atoms with Gasteiger partial charge in [0.05, 0.1) is 13.2 Å². The van der Waals surface area contributed by atoms with E-state index in [9.17, 15) is 9.59 Å². The monoisotopic (exact) mass is 232 g/mol. The Bertz CT molecular complexity index is 252. The predicted molar refractivity (Wildman–Crippen MR) is 53.9 cm³/mol. The van der Waals surface area contributed by atoms with Gasteiger partial charge in [0.1, 0.15) is 12.1 Å². The molecule has 1 fully saturated rings. The zero-order valence-electron chi connectivity index (χ0n) is 8.81. The maximum Gasteiger partial charge on any atom is 0.326 e. The topological polar surface area (TPSA) is 108 Å². The number of ether oxygens (including phenoxy) is 1. The molecule has 0 aromatic carbocycles. The number of carbonyl (C=O) groups is 2. The summed E-state index contributed by atoms with van der Waals surface area (Å²) in [6.07, 6.45) is -0.00531. The van der Waals surface area contributed by atoms with Crippen molar-refractivity contribution in [3.63, 3.8) is 0 Å². The molecule has 2 atom stereocenters. The van der Waals surface area contributed by atoms with Crippen LogP contribution in [0.4, 0.5) is 0 Å². The predicted octanol–water partition coefficient (Wildman–Crippen LogP) is -2.07. The van der Waals surface area contributed by atoms with Crippen LogP contribution in [-0.4, -0.2) is 60.5 Å². The van der Waals surface area contributed by atoms with E-state index in [0.717, 1.165) is 0 Å². The molecule has 1 unspecified atom stereocenters. The highest BCUT2D eigenvalue weighted by Gasteiger charge is 2.26. The lowest BCUT2D eigenvalue weighted by atomic mass is 10.2. The normalized spacial score (nSPS) is 22.4. The first-order valence-corrected chi connectivity index (χ1v) is 5.10. The third-order valence-electron chi connectivity index (χ3n) is 2.27. The van der Waals surface area contributed by atoms with Gasteiger partial charge >= 0.3 is 5.97 Å². The highest BCUT2D eigenvalue weighted by molar-refractivity contribution is 5.87. The summed E-state index contributed by atoms with van der Waals surface area (Å²) in [5.41, 5.74) is 0. The Kier molecular flexibility index (Phi) is 5.17. The second kappa shape index (κ2) is 6.41. The van der Waals surface area contributed by atoms with Crippen molar-refractivity contribution in [2.45, 2.75) is 18.5 Å². The molecule has 1 aliphatic rings. The van der Waals surface area contributed by atoms with Crippen molar-refractivity contribution < 1.29 is 24.5 Å². The van der Waals surface area contributed by atoms with E-state index in [1.165, 1.54) is 0 Å². The third kappa shape index (κ3) is 3.76. The van der Waals surface area contributed by atoms with Gasteiger partial charge in [-0.25, -0.2) is 4.79 Å². The molecule has 1 heterocycles. The number of hydrogen-bond donors (Lipinski definition) is 4. The number of aliphatic hydroxyl groups excluding tert-OH is 1. The van der Waals surface area contributed by atoms with Crippen molar-refractivity contribution in [3.8, 4) is 0 Å². The molecule has 7 heteroatoms. The zero-order valence-corrected chi connectivity index (χ0v) is 8.81. The van der Waals surface area contributed by atoms with Crippen LogP contribution in [0.3, 0.4) is 0 Å². The van der Waals surface area contributed by atoms with Gasteiger partial charge in [-0.05, 0) is 0 Å². The molecule has 1 amide bonds. The van der Waals surface area contributed by atoms with Gasteiger partial charge in [-0.1, -0.05) is 0 Å². The Morgan fingerprint density at radius 3 is 2.81 bits per heavy atom. The quantitative estimate of drug-likeness (QED) is 0.433. The first kappa shape index (κ1) is 12.9. The number of carbonyl (C=O) groups excluding carboxylic acids is 1. The molecule has 0 aromatic rings. The lowest BCUT2D eigenvalue weighted by Gasteiger charge is -2.24. The molecule has 1 aliphatic heterocycles. The molecule has 0 spiro atoms. The number of carboxylic acids is 1. The maximum atomic E-state index is 11.6. The largest absolute Gasteiger partial charge is 0.480 e. The lowest BCUT2D eigenvalue weighted by molar-refractivity contribution is -0.143. The van der Waals surface area contributed by atoms with Gasteiger partial charge in [0, 0.05) is 19.6 Å². The Morgan fingerprint density at radius 1 is 1.56 bits per heavy atom. The minimum atomic E-state index is -1.15. The van der Waals surface area contributed by atoms with Gasteiger partial charge in [-0.15, -0.1) is 0 Å². The van der Waals surface area contributed by atoms with E-state index in [1.807, 2.05) is 0 Å². The van der Waals surface area contributed by atoms with Crippen LogP contribution >= 0.6 is 0 Å². The van der Waals surface area contributed by atoms with E-state index >= 15 is 0 Å². The van der Waals surface area contributed by atoms with Crippen LogP contribution in [0.15, 0.2) is 0 Å². The van der Waals surface area contributed by atoms with E-state index in [4.69, 9.17) is 14.9 Å². The molecule has 0 bridgehead atoms. The molecule has 1 rings (SSSR count). The molecule has 92 valence electrons. The zero-order chi connectivity index (χ0) is 12.0. The number of carboxylic acid groups (broad SMARTS) is 1. The molecule has 0 saturated carbocycles. The number of hydrogen-bond acceptors (Lipinski definition) is 5. The molecule has 16 heavy (non-hydrogen) atoms. The molecular formula is C9H16N2O5. The Balaban J connectivity index is 2.43. The number of nitrogens with one attached hydrogen (secondary N) is 2. The Labute approximate surface area is 92.8 Å². The van der Waals surface area contributed by atoms with Gasteiger partial charge in [0.25, 0.3) is 0 Å². The number of aliphatic carboxylic acids is 1. The van der Waals surface area contributed by atoms with Crippen molar-refractivity contribution in [2.75, 3.05) is 26.4 Å². The van der Waals surface area contributed by atoms with Crippen molar-refractivity contribution in [1.82, 2.24) is 10.6 Å². The van der Waals surface area contributed by atoms with Crippen molar-refractivity contribution >= 4 is 11.9 Å². The minimum absolute atomic E-state index is 0.00531. The summed E-state index contributed by atoms with van der Waals surface area (Å²) < 4.78 is 5.09. The van der Waals surface area contributed by atoms with Crippen LogP contribution in [0.2, 0.25) is 0 Å². The molecule has 0 aromatic heterocycles. The summed E-state index contributed by atoms with van der Waals surface area (Å²) in [6, 6.07) is -1.57. The number of amides is 1. The molecule has 4 N–H and O–H groups in total. The van der Waals surface area contributed by atoms with E-state index in [-0.39, 0.29) is 19.6 Å². The summed E-state index contributed by atoms with van der Waals surface area (Å²) >= 11 is 0. The summed E-state index contributed by atoms with van der Waals surface area (Å²) in [6.45, 7) is 1.06. The fourth-order valence-electron chi connectivity index (χ4n) is 1.39. The highest BCUT2D eigenvalue weighted by atomic mass is 16.5. The van der Waals surface area contributed by atoms with E-state index in [1.54, 1.807) is 0 Å². The maximum absolute atomic E-state index is 11.6. The molecular weight excluding hydrogens is 216 g/mol.